The van der Waals surface area contributed by atoms with Crippen molar-refractivity contribution in [2.24, 2.45) is 0 Å². The number of benzene rings is 1. The van der Waals surface area contributed by atoms with Gasteiger partial charge < -0.3 is 14.8 Å². The number of nitro benzene ring substituents is 1. The molecule has 1 aromatic rings. The number of imide groups is 1. The number of rotatable bonds is 5. The largest absolute Gasteiger partial charge is 0.496 e. The first-order chi connectivity index (χ1) is 11.4. The monoisotopic (exact) mass is 335 g/mol. The minimum Gasteiger partial charge on any atom is -0.496 e. The van der Waals surface area contributed by atoms with Crippen molar-refractivity contribution in [1.82, 2.24) is 10.2 Å². The summed E-state index contributed by atoms with van der Waals surface area (Å²) in [5.74, 6) is -1.23. The minimum atomic E-state index is -0.791. The average Bonchev–Trinajstić information content (AvgIpc) is 2.82. The molecule has 1 heterocycles. The Kier molecular flexibility index (Phi) is 4.78. The molecule has 1 aromatic carbocycles. The van der Waals surface area contributed by atoms with E-state index in [2.05, 4.69) is 10.1 Å². The Morgan fingerprint density at radius 1 is 1.38 bits per heavy atom. The number of nitrogens with zero attached hydrogens (tertiary/aromatic N) is 2. The summed E-state index contributed by atoms with van der Waals surface area (Å²) in [6, 6.07) is 3.03. The predicted octanol–water partition coefficient (Wildman–Crippen LogP) is 0.669. The van der Waals surface area contributed by atoms with E-state index >= 15 is 0 Å². The summed E-state index contributed by atoms with van der Waals surface area (Å²) < 4.78 is 9.50. The number of hydrogen-bond donors (Lipinski definition) is 1. The SMILES string of the molecule is COC(=O)CN1C(=O)N/C(=C/c2cc([N+](=O)[O-])ccc2OC)C1=O. The van der Waals surface area contributed by atoms with Gasteiger partial charge in [0.05, 0.1) is 19.1 Å². The third-order valence-corrected chi connectivity index (χ3v) is 3.20. The molecular weight excluding hydrogens is 322 g/mol. The van der Waals surface area contributed by atoms with Crippen molar-refractivity contribution in [3.63, 3.8) is 0 Å². The van der Waals surface area contributed by atoms with Gasteiger partial charge in [-0.3, -0.25) is 19.7 Å². The third-order valence-electron chi connectivity index (χ3n) is 3.20. The molecule has 0 aromatic heterocycles. The molecule has 1 saturated heterocycles. The Morgan fingerprint density at radius 2 is 2.08 bits per heavy atom. The highest BCUT2D eigenvalue weighted by Crippen LogP contribution is 2.27. The van der Waals surface area contributed by atoms with Crippen molar-refractivity contribution in [3.8, 4) is 5.75 Å². The maximum absolute atomic E-state index is 12.2. The van der Waals surface area contributed by atoms with Gasteiger partial charge in [0.15, 0.2) is 0 Å². The molecule has 1 aliphatic rings. The molecule has 0 saturated carbocycles. The van der Waals surface area contributed by atoms with Gasteiger partial charge in [0.1, 0.15) is 18.0 Å². The van der Waals surface area contributed by atoms with Crippen molar-refractivity contribution in [3.05, 3.63) is 39.6 Å². The van der Waals surface area contributed by atoms with Gasteiger partial charge in [0.2, 0.25) is 0 Å². The number of methoxy groups -OCH3 is 2. The maximum atomic E-state index is 12.2. The van der Waals surface area contributed by atoms with Gasteiger partial charge in [-0.15, -0.1) is 0 Å². The standard InChI is InChI=1S/C14H13N3O7/c1-23-11-4-3-9(17(21)22)5-8(11)6-10-13(19)16(14(20)15-10)7-12(18)24-2/h3-6H,7H2,1-2H3,(H,15,20)/b10-6+. The van der Waals surface area contributed by atoms with Crippen LogP contribution in [0.3, 0.4) is 0 Å². The van der Waals surface area contributed by atoms with Crippen LogP contribution in [0.15, 0.2) is 23.9 Å². The minimum absolute atomic E-state index is 0.136. The van der Waals surface area contributed by atoms with Crippen LogP contribution in [0, 0.1) is 10.1 Å². The molecule has 0 radical (unpaired) electrons. The first-order valence-corrected chi connectivity index (χ1v) is 6.61. The lowest BCUT2D eigenvalue weighted by molar-refractivity contribution is -0.384. The lowest BCUT2D eigenvalue weighted by atomic mass is 10.1. The second kappa shape index (κ2) is 6.77. The molecule has 0 spiro atoms. The second-order valence-electron chi connectivity index (χ2n) is 4.64. The van der Waals surface area contributed by atoms with Crippen molar-refractivity contribution in [2.75, 3.05) is 20.8 Å². The zero-order valence-corrected chi connectivity index (χ0v) is 12.8. The van der Waals surface area contributed by atoms with E-state index in [1.54, 1.807) is 0 Å². The van der Waals surface area contributed by atoms with Crippen LogP contribution in [0.2, 0.25) is 0 Å². The smallest absolute Gasteiger partial charge is 0.329 e. The summed E-state index contributed by atoms with van der Waals surface area (Å²) in [6.45, 7) is -0.537. The van der Waals surface area contributed by atoms with E-state index in [0.29, 0.717) is 4.90 Å². The number of non-ortho nitro benzene ring substituents is 1. The molecule has 10 nitrogen and oxygen atoms in total. The normalized spacial score (nSPS) is 15.4. The second-order valence-corrected chi connectivity index (χ2v) is 4.64. The fraction of sp³-hybridized carbons (Fsp3) is 0.214. The van der Waals surface area contributed by atoms with E-state index in [1.807, 2.05) is 0 Å². The van der Waals surface area contributed by atoms with E-state index in [1.165, 1.54) is 31.4 Å². The molecule has 2 rings (SSSR count). The number of hydrogen-bond acceptors (Lipinski definition) is 7. The highest BCUT2D eigenvalue weighted by Gasteiger charge is 2.35. The predicted molar refractivity (Wildman–Crippen MR) is 79.9 cm³/mol. The van der Waals surface area contributed by atoms with Crippen LogP contribution >= 0.6 is 0 Å². The summed E-state index contributed by atoms with van der Waals surface area (Å²) in [5.41, 5.74) is -0.108. The number of carbonyl (C=O) groups is 3. The Hall–Kier alpha value is -3.43. The summed E-state index contributed by atoms with van der Waals surface area (Å²) in [4.78, 5) is 46.1. The third kappa shape index (κ3) is 3.32. The topological polar surface area (TPSA) is 128 Å². The van der Waals surface area contributed by atoms with Gasteiger partial charge in [-0.25, -0.2) is 9.69 Å². The van der Waals surface area contributed by atoms with Gasteiger partial charge in [0.25, 0.3) is 11.6 Å². The first-order valence-electron chi connectivity index (χ1n) is 6.61. The summed E-state index contributed by atoms with van der Waals surface area (Å²) in [7, 11) is 2.49. The molecule has 1 fully saturated rings. The number of amides is 3. The molecule has 3 amide bonds. The summed E-state index contributed by atoms with van der Waals surface area (Å²) in [6.07, 6.45) is 1.24. The van der Waals surface area contributed by atoms with Crippen LogP contribution in [-0.4, -0.2) is 48.5 Å². The lowest BCUT2D eigenvalue weighted by Crippen LogP contribution is -2.36. The number of carbonyl (C=O) groups excluding carboxylic acids is 3. The number of nitrogens with one attached hydrogen (secondary N) is 1. The Balaban J connectivity index is 2.36. The molecule has 0 bridgehead atoms. The quantitative estimate of drug-likeness (QED) is 0.275. The van der Waals surface area contributed by atoms with Crippen molar-refractivity contribution in [2.45, 2.75) is 0 Å². The van der Waals surface area contributed by atoms with Gasteiger partial charge >= 0.3 is 12.0 Å². The molecule has 24 heavy (non-hydrogen) atoms. The highest BCUT2D eigenvalue weighted by molar-refractivity contribution is 6.15. The van der Waals surface area contributed by atoms with Crippen LogP contribution in [0.1, 0.15) is 5.56 Å². The molecule has 0 aliphatic carbocycles. The molecule has 0 atom stereocenters. The van der Waals surface area contributed by atoms with Crippen LogP contribution in [0.5, 0.6) is 5.75 Å². The van der Waals surface area contributed by atoms with E-state index in [4.69, 9.17) is 4.74 Å². The van der Waals surface area contributed by atoms with Crippen LogP contribution < -0.4 is 10.1 Å². The van der Waals surface area contributed by atoms with Crippen molar-refractivity contribution < 1.29 is 28.8 Å². The molecule has 0 unspecified atom stereocenters. The highest BCUT2D eigenvalue weighted by atomic mass is 16.6. The fourth-order valence-electron chi connectivity index (χ4n) is 2.01. The fourth-order valence-corrected chi connectivity index (χ4v) is 2.01. The lowest BCUT2D eigenvalue weighted by Gasteiger charge is -2.09. The van der Waals surface area contributed by atoms with Crippen LogP contribution in [-0.2, 0) is 14.3 Å². The van der Waals surface area contributed by atoms with E-state index in [9.17, 15) is 24.5 Å². The van der Waals surface area contributed by atoms with E-state index < -0.39 is 29.4 Å². The molecule has 10 heteroatoms. The molecule has 1 N–H and O–H groups in total. The molecular formula is C14H13N3O7. The average molecular weight is 335 g/mol. The van der Waals surface area contributed by atoms with Gasteiger partial charge in [-0.1, -0.05) is 0 Å². The number of ether oxygens (including phenoxy) is 2. The zero-order valence-electron chi connectivity index (χ0n) is 12.8. The zero-order chi connectivity index (χ0) is 17.9. The number of urea groups is 1. The molecule has 126 valence electrons. The summed E-state index contributed by atoms with van der Waals surface area (Å²) >= 11 is 0. The van der Waals surface area contributed by atoms with Gasteiger partial charge in [-0.2, -0.15) is 0 Å². The molecule has 1 aliphatic heterocycles. The van der Waals surface area contributed by atoms with E-state index in [0.717, 1.165) is 7.11 Å². The number of nitro groups is 1. The first kappa shape index (κ1) is 16.9. The number of esters is 1. The van der Waals surface area contributed by atoms with Crippen molar-refractivity contribution >= 4 is 29.7 Å². The van der Waals surface area contributed by atoms with Crippen molar-refractivity contribution in [1.29, 1.82) is 0 Å². The Labute approximate surface area is 135 Å². The van der Waals surface area contributed by atoms with Crippen LogP contribution in [0.25, 0.3) is 6.08 Å². The van der Waals surface area contributed by atoms with Crippen LogP contribution in [0.4, 0.5) is 10.5 Å². The van der Waals surface area contributed by atoms with E-state index in [-0.39, 0.29) is 22.7 Å². The Bertz CT molecular complexity index is 757. The van der Waals surface area contributed by atoms with Gasteiger partial charge in [-0.05, 0) is 12.1 Å². The van der Waals surface area contributed by atoms with Gasteiger partial charge in [0, 0.05) is 17.7 Å². The Morgan fingerprint density at radius 3 is 2.67 bits per heavy atom. The maximum Gasteiger partial charge on any atom is 0.329 e. The summed E-state index contributed by atoms with van der Waals surface area (Å²) in [5, 5.41) is 13.2.